The minimum absolute atomic E-state index is 0.253. The summed E-state index contributed by atoms with van der Waals surface area (Å²) in [5, 5.41) is 17.1. The molecule has 6 aliphatic rings. The lowest BCUT2D eigenvalue weighted by Gasteiger charge is -2.47. The van der Waals surface area contributed by atoms with Crippen LogP contribution < -0.4 is 21.2 Å². The maximum atomic E-state index is 3.36. The van der Waals surface area contributed by atoms with E-state index >= 15 is 0 Å². The Labute approximate surface area is 458 Å². The number of benzene rings is 8. The summed E-state index contributed by atoms with van der Waals surface area (Å²) < 4.78 is 6.27. The monoisotopic (exact) mass is 1070 g/mol. The number of hydrogen-bond acceptors (Lipinski definition) is 4. The van der Waals surface area contributed by atoms with E-state index in [0.717, 1.165) is 36.2 Å². The molecule has 0 N–H and O–H groups in total. The molecular weight excluding hydrogens is 997 g/mol. The zero-order valence-electron chi connectivity index (χ0n) is 44.4. The second kappa shape index (κ2) is 22.2. The fourth-order valence-corrected chi connectivity index (χ4v) is 30.8. The van der Waals surface area contributed by atoms with Gasteiger partial charge in [0.25, 0.3) is 0 Å². The summed E-state index contributed by atoms with van der Waals surface area (Å²) in [5.41, 5.74) is 6.31. The van der Waals surface area contributed by atoms with Crippen LogP contribution in [0.4, 0.5) is 0 Å². The molecule has 0 aromatic heterocycles. The summed E-state index contributed by atoms with van der Waals surface area (Å²) in [5.74, 6) is 2.98. The van der Waals surface area contributed by atoms with E-state index in [1.165, 1.54) is 127 Å². The van der Waals surface area contributed by atoms with Crippen LogP contribution in [0.25, 0.3) is 21.5 Å². The third-order valence-electron chi connectivity index (χ3n) is 18.7. The highest BCUT2D eigenvalue weighted by molar-refractivity contribution is 7.80. The highest BCUT2D eigenvalue weighted by Gasteiger charge is 2.56. The highest BCUT2D eigenvalue weighted by Crippen LogP contribution is 2.77. The Morgan fingerprint density at radius 2 is 0.829 bits per heavy atom. The van der Waals surface area contributed by atoms with Gasteiger partial charge < -0.3 is 0 Å². The van der Waals surface area contributed by atoms with Crippen molar-refractivity contribution in [2.24, 2.45) is 11.8 Å². The lowest BCUT2D eigenvalue weighted by molar-refractivity contribution is -0.0530. The first-order chi connectivity index (χ1) is 37.6. The van der Waals surface area contributed by atoms with Gasteiger partial charge in [0, 0.05) is 43.3 Å². The third-order valence-corrected chi connectivity index (χ3v) is 31.8. The van der Waals surface area contributed by atoms with Crippen molar-refractivity contribution >= 4 is 75.1 Å². The quantitative estimate of drug-likeness (QED) is 0.113. The van der Waals surface area contributed by atoms with Gasteiger partial charge in [-0.15, -0.1) is 0 Å². The molecule has 0 bridgehead atoms. The minimum Gasteiger partial charge on any atom is -0.252 e. The van der Waals surface area contributed by atoms with Crippen molar-refractivity contribution in [3.63, 3.8) is 0 Å². The highest BCUT2D eigenvalue weighted by atomic mass is 31.2. The van der Waals surface area contributed by atoms with Gasteiger partial charge in [0.15, 0.2) is 0 Å². The van der Waals surface area contributed by atoms with E-state index < -0.39 is 24.2 Å². The average Bonchev–Trinajstić information content (AvgIpc) is 4.30. The molecule has 386 valence electrons. The molecule has 6 fully saturated rings. The van der Waals surface area contributed by atoms with Crippen LogP contribution in [0.1, 0.15) is 118 Å². The molecule has 7 unspecified atom stereocenters. The number of hydrogen-bond donors (Lipinski definition) is 0. The molecule has 8 heteroatoms. The summed E-state index contributed by atoms with van der Waals surface area (Å²) in [7, 11) is -0.0639. The van der Waals surface area contributed by atoms with Crippen molar-refractivity contribution in [3.05, 3.63) is 217 Å². The van der Waals surface area contributed by atoms with Gasteiger partial charge in [0.1, 0.15) is 0 Å². The zero-order valence-corrected chi connectivity index (χ0v) is 47.9. The summed E-state index contributed by atoms with van der Waals surface area (Å²) in [6.07, 6.45) is 18.0. The van der Waals surface area contributed by atoms with Crippen molar-refractivity contribution in [2.45, 2.75) is 118 Å². The number of nitrogens with zero attached hydrogens (tertiary/aromatic N) is 4. The average molecular weight is 1070 g/mol. The van der Waals surface area contributed by atoms with Gasteiger partial charge in [0.2, 0.25) is 0 Å². The van der Waals surface area contributed by atoms with E-state index in [1.54, 1.807) is 16.2 Å². The standard InChI is InChI=1S/C68H74N4P4/c1-69(73(59-24-6-2-7-25-59)60-26-8-3-9-27-60)76-67(55-40-37-50-22-14-15-23-52(50)46-55)70-44-20-21-45-71(70)68(76)56-41-38-51-36-39-53(47-57(51)48-56)54-42-43-58(49-54)72(74(61-28-10-4-11-29-61)62-30-12-5-13-31-62)75-65-34-18-16-32-63(65)64-33-17-19-35-66(64)75/h2-15,22-31,36-41,46-48,54,58,63-68H,16-21,32-35,42-45,49H2,1H3/t54?,58?,63?,64?,65?,66?,67-,68-,75?,76?/m1/s1. The molecule has 3 saturated heterocycles. The summed E-state index contributed by atoms with van der Waals surface area (Å²) >= 11 is 0. The maximum Gasteiger partial charge on any atom is 0.0847 e. The van der Waals surface area contributed by atoms with Crippen LogP contribution in [0.15, 0.2) is 200 Å². The molecule has 3 saturated carbocycles. The van der Waals surface area contributed by atoms with Crippen LogP contribution in [0.2, 0.25) is 0 Å². The van der Waals surface area contributed by atoms with Gasteiger partial charge in [-0.25, -0.2) is 14.5 Å². The first-order valence-corrected chi connectivity index (χ1v) is 34.6. The summed E-state index contributed by atoms with van der Waals surface area (Å²) in [4.78, 5) is 0. The van der Waals surface area contributed by atoms with Gasteiger partial charge >= 0.3 is 0 Å². The molecule has 9 atom stereocenters. The molecule has 8 aromatic rings. The maximum absolute atomic E-state index is 3.36. The molecule has 3 aliphatic carbocycles. The number of hydrazine groups is 1. The Morgan fingerprint density at radius 3 is 1.37 bits per heavy atom. The van der Waals surface area contributed by atoms with E-state index in [2.05, 4.69) is 226 Å². The van der Waals surface area contributed by atoms with E-state index in [-0.39, 0.29) is 19.6 Å². The van der Waals surface area contributed by atoms with Crippen LogP contribution in [-0.4, -0.2) is 56.4 Å². The Bertz CT molecular complexity index is 3150. The molecule has 3 aliphatic heterocycles. The molecule has 0 amide bonds. The van der Waals surface area contributed by atoms with Gasteiger partial charge in [-0.05, 0) is 174 Å². The molecule has 8 aromatic carbocycles. The van der Waals surface area contributed by atoms with E-state index in [0.29, 0.717) is 12.0 Å². The first-order valence-electron chi connectivity index (χ1n) is 29.1. The molecule has 3 heterocycles. The summed E-state index contributed by atoms with van der Waals surface area (Å²) in [6, 6.07) is 79.0. The first kappa shape index (κ1) is 50.1. The van der Waals surface area contributed by atoms with Crippen molar-refractivity contribution in [1.29, 1.82) is 0 Å². The van der Waals surface area contributed by atoms with Crippen LogP contribution in [0.5, 0.6) is 0 Å². The second-order valence-electron chi connectivity index (χ2n) is 23.0. The zero-order chi connectivity index (χ0) is 50.5. The van der Waals surface area contributed by atoms with E-state index in [1.807, 2.05) is 0 Å². The second-order valence-corrected chi connectivity index (χ2v) is 32.8. The Balaban J connectivity index is 0.847. The third kappa shape index (κ3) is 9.38. The van der Waals surface area contributed by atoms with Crippen molar-refractivity contribution in [1.82, 2.24) is 18.9 Å². The van der Waals surface area contributed by atoms with E-state index in [4.69, 9.17) is 0 Å². The van der Waals surface area contributed by atoms with Crippen LogP contribution in [-0.2, 0) is 0 Å². The molecular formula is C68H74N4P4. The number of rotatable bonds is 12. The van der Waals surface area contributed by atoms with Crippen LogP contribution in [0, 0.1) is 11.8 Å². The largest absolute Gasteiger partial charge is 0.252 e. The van der Waals surface area contributed by atoms with Gasteiger partial charge in [-0.1, -0.05) is 214 Å². The predicted molar refractivity (Wildman–Crippen MR) is 329 cm³/mol. The smallest absolute Gasteiger partial charge is 0.0847 e. The topological polar surface area (TPSA) is 13.0 Å². The van der Waals surface area contributed by atoms with Crippen molar-refractivity contribution in [3.8, 4) is 0 Å². The van der Waals surface area contributed by atoms with Crippen LogP contribution in [0.3, 0.4) is 0 Å². The fourth-order valence-electron chi connectivity index (χ4n) is 15.4. The fraction of sp³-hybridized carbons (Fsp3) is 0.353. The molecule has 14 rings (SSSR count). The lowest BCUT2D eigenvalue weighted by Crippen LogP contribution is -2.43. The lowest BCUT2D eigenvalue weighted by atomic mass is 9.73. The van der Waals surface area contributed by atoms with Gasteiger partial charge in [-0.2, -0.15) is 0 Å². The Hall–Kier alpha value is -4.16. The Morgan fingerprint density at radius 1 is 0.395 bits per heavy atom. The predicted octanol–water partition coefficient (Wildman–Crippen LogP) is 16.9. The van der Waals surface area contributed by atoms with Crippen LogP contribution >= 0.6 is 32.3 Å². The van der Waals surface area contributed by atoms with E-state index in [9.17, 15) is 0 Å². The minimum atomic E-state index is -0.815. The normalized spacial score (nSPS) is 27.9. The van der Waals surface area contributed by atoms with Gasteiger partial charge in [0.05, 0.1) is 11.6 Å². The SMILES string of the molecule is CN(P(c1ccccc1)c1ccccc1)P1[C@H](c2ccc3ccccc3c2)N2CCCCN2[C@H]1c1ccc2ccc(C3CCC(N(P(c4ccccc4)c4ccccc4)P4C5CCCCC5C5CCCCC54)C3)cc2c1. The van der Waals surface area contributed by atoms with Crippen molar-refractivity contribution < 1.29 is 0 Å². The molecule has 76 heavy (non-hydrogen) atoms. The molecule has 0 spiro atoms. The van der Waals surface area contributed by atoms with Gasteiger partial charge in [-0.3, -0.25) is 4.44 Å². The molecule has 4 nitrogen and oxygen atoms in total. The number of fused-ring (bicyclic) bond motifs is 6. The summed E-state index contributed by atoms with van der Waals surface area (Å²) in [6.45, 7) is 2.18. The van der Waals surface area contributed by atoms with Crippen molar-refractivity contribution in [2.75, 3.05) is 20.1 Å². The Kier molecular flexibility index (Phi) is 14.6. The molecule has 0 radical (unpaired) electrons.